The van der Waals surface area contributed by atoms with Crippen LogP contribution in [0.25, 0.3) is 5.70 Å². The standard InChI is InChI=1S/C17H17ClN4O3/c18-12-7-10(3-4-11(12)9-1-2-9)15-14(16(19)23)13-8-21(17(24)25)5-6-22(13)20-15/h3-4,7-9,20H,1-2,5-6H2,(H2,19,23)(H,24,25). The molecule has 2 aliphatic heterocycles. The molecule has 0 spiro atoms. The number of rotatable bonds is 3. The number of hydrogen-bond acceptors (Lipinski definition) is 4. The third-order valence-electron chi connectivity index (χ3n) is 4.68. The highest BCUT2D eigenvalue weighted by Gasteiger charge is 2.35. The van der Waals surface area contributed by atoms with Crippen molar-refractivity contribution in [1.29, 1.82) is 0 Å². The van der Waals surface area contributed by atoms with E-state index in [1.165, 1.54) is 6.20 Å². The Morgan fingerprint density at radius 3 is 2.64 bits per heavy atom. The molecule has 1 fully saturated rings. The second kappa shape index (κ2) is 5.70. The van der Waals surface area contributed by atoms with Crippen LogP contribution in [-0.4, -0.2) is 40.1 Å². The van der Waals surface area contributed by atoms with E-state index in [9.17, 15) is 14.7 Å². The molecule has 1 aromatic carbocycles. The van der Waals surface area contributed by atoms with Crippen LogP contribution in [0.2, 0.25) is 5.02 Å². The van der Waals surface area contributed by atoms with Crippen molar-refractivity contribution in [3.05, 3.63) is 51.8 Å². The number of fused-ring (bicyclic) bond motifs is 1. The summed E-state index contributed by atoms with van der Waals surface area (Å²) in [5.41, 5.74) is 11.9. The topological polar surface area (TPSA) is 98.9 Å². The first-order valence-electron chi connectivity index (χ1n) is 8.05. The molecule has 0 unspecified atom stereocenters. The van der Waals surface area contributed by atoms with Gasteiger partial charge in [0.15, 0.2) is 0 Å². The number of nitrogens with one attached hydrogen (secondary N) is 1. The van der Waals surface area contributed by atoms with Crippen LogP contribution in [0, 0.1) is 0 Å². The van der Waals surface area contributed by atoms with Gasteiger partial charge in [-0.25, -0.2) is 4.79 Å². The molecule has 0 radical (unpaired) electrons. The molecule has 3 aliphatic rings. The maximum absolute atomic E-state index is 12.0. The molecule has 2 amide bonds. The minimum atomic E-state index is -1.07. The van der Waals surface area contributed by atoms with Crippen molar-refractivity contribution in [3.63, 3.8) is 0 Å². The lowest BCUT2D eigenvalue weighted by Gasteiger charge is -2.30. The highest BCUT2D eigenvalue weighted by atomic mass is 35.5. The summed E-state index contributed by atoms with van der Waals surface area (Å²) < 4.78 is 0. The Hall–Kier alpha value is -2.67. The molecule has 8 heteroatoms. The molecule has 4 rings (SSSR count). The Kier molecular flexibility index (Phi) is 3.61. The fourth-order valence-corrected chi connectivity index (χ4v) is 3.60. The summed E-state index contributed by atoms with van der Waals surface area (Å²) in [6, 6.07) is 5.73. The third kappa shape index (κ3) is 2.70. The summed E-state index contributed by atoms with van der Waals surface area (Å²) in [6.07, 6.45) is 2.66. The largest absolute Gasteiger partial charge is 0.465 e. The van der Waals surface area contributed by atoms with Gasteiger partial charge >= 0.3 is 6.09 Å². The van der Waals surface area contributed by atoms with Gasteiger partial charge in [-0.1, -0.05) is 23.7 Å². The smallest absolute Gasteiger partial charge is 0.411 e. The molecule has 1 aliphatic carbocycles. The summed E-state index contributed by atoms with van der Waals surface area (Å²) in [6.45, 7) is 0.707. The van der Waals surface area contributed by atoms with Gasteiger partial charge in [-0.2, -0.15) is 0 Å². The van der Waals surface area contributed by atoms with E-state index in [0.29, 0.717) is 35.4 Å². The van der Waals surface area contributed by atoms with Crippen LogP contribution in [0.15, 0.2) is 35.7 Å². The molecule has 0 saturated heterocycles. The van der Waals surface area contributed by atoms with Gasteiger partial charge in [-0.15, -0.1) is 0 Å². The van der Waals surface area contributed by atoms with Gasteiger partial charge in [-0.3, -0.25) is 20.1 Å². The molecular weight excluding hydrogens is 344 g/mol. The highest BCUT2D eigenvalue weighted by Crippen LogP contribution is 2.44. The van der Waals surface area contributed by atoms with Gasteiger partial charge in [0.1, 0.15) is 0 Å². The van der Waals surface area contributed by atoms with Crippen molar-refractivity contribution in [2.75, 3.05) is 13.1 Å². The van der Waals surface area contributed by atoms with Crippen molar-refractivity contribution < 1.29 is 14.7 Å². The first kappa shape index (κ1) is 15.8. The average Bonchev–Trinajstić information content (AvgIpc) is 3.33. The van der Waals surface area contributed by atoms with Crippen LogP contribution in [0.3, 0.4) is 0 Å². The summed E-state index contributed by atoms with van der Waals surface area (Å²) in [4.78, 5) is 24.4. The zero-order chi connectivity index (χ0) is 17.7. The van der Waals surface area contributed by atoms with E-state index in [1.54, 1.807) is 5.01 Å². The van der Waals surface area contributed by atoms with Gasteiger partial charge in [0.2, 0.25) is 0 Å². The number of nitrogens with zero attached hydrogens (tertiary/aromatic N) is 2. The maximum Gasteiger partial charge on any atom is 0.411 e. The highest BCUT2D eigenvalue weighted by molar-refractivity contribution is 6.31. The van der Waals surface area contributed by atoms with E-state index in [0.717, 1.165) is 28.9 Å². The molecular formula is C17H17ClN4O3. The first-order chi connectivity index (χ1) is 12.0. The van der Waals surface area contributed by atoms with E-state index in [1.807, 2.05) is 18.2 Å². The first-order valence-corrected chi connectivity index (χ1v) is 8.43. The fraction of sp³-hybridized carbons (Fsp3) is 0.294. The van der Waals surface area contributed by atoms with E-state index >= 15 is 0 Å². The van der Waals surface area contributed by atoms with Crippen molar-refractivity contribution >= 4 is 29.3 Å². The Bertz CT molecular complexity index is 844. The number of amides is 2. The number of carbonyl (C=O) groups excluding carboxylic acids is 1. The number of hydrogen-bond donors (Lipinski definition) is 3. The molecule has 25 heavy (non-hydrogen) atoms. The van der Waals surface area contributed by atoms with E-state index in [2.05, 4.69) is 5.43 Å². The van der Waals surface area contributed by atoms with Crippen LogP contribution in [0.4, 0.5) is 4.79 Å². The lowest BCUT2D eigenvalue weighted by Crippen LogP contribution is -2.43. The zero-order valence-corrected chi connectivity index (χ0v) is 14.1. The maximum atomic E-state index is 12.0. The molecule has 1 saturated carbocycles. The van der Waals surface area contributed by atoms with Crippen molar-refractivity contribution in [2.45, 2.75) is 18.8 Å². The predicted molar refractivity (Wildman–Crippen MR) is 92.2 cm³/mol. The van der Waals surface area contributed by atoms with Gasteiger partial charge in [0.25, 0.3) is 5.91 Å². The normalized spacial score (nSPS) is 19.5. The third-order valence-corrected chi connectivity index (χ3v) is 5.01. The summed E-state index contributed by atoms with van der Waals surface area (Å²) in [7, 11) is 0. The van der Waals surface area contributed by atoms with Gasteiger partial charge in [0.05, 0.1) is 23.5 Å². The quantitative estimate of drug-likeness (QED) is 0.766. The van der Waals surface area contributed by atoms with Crippen LogP contribution in [0.1, 0.15) is 29.9 Å². The summed E-state index contributed by atoms with van der Waals surface area (Å²) in [5, 5.41) is 11.6. The lowest BCUT2D eigenvalue weighted by molar-refractivity contribution is -0.114. The Balaban J connectivity index is 1.77. The summed E-state index contributed by atoms with van der Waals surface area (Å²) >= 11 is 6.41. The molecule has 0 atom stereocenters. The lowest BCUT2D eigenvalue weighted by atomic mass is 10.0. The molecule has 0 aromatic heterocycles. The van der Waals surface area contributed by atoms with Crippen LogP contribution >= 0.6 is 11.6 Å². The zero-order valence-electron chi connectivity index (χ0n) is 13.3. The van der Waals surface area contributed by atoms with Crippen molar-refractivity contribution in [3.8, 4) is 0 Å². The minimum Gasteiger partial charge on any atom is -0.465 e. The number of benzene rings is 1. The molecule has 130 valence electrons. The average molecular weight is 361 g/mol. The van der Waals surface area contributed by atoms with E-state index in [4.69, 9.17) is 17.3 Å². The Morgan fingerprint density at radius 1 is 1.28 bits per heavy atom. The Morgan fingerprint density at radius 2 is 2.04 bits per heavy atom. The molecule has 7 nitrogen and oxygen atoms in total. The number of primary amides is 1. The fourth-order valence-electron chi connectivity index (χ4n) is 3.26. The number of hydrazine groups is 1. The van der Waals surface area contributed by atoms with E-state index in [-0.39, 0.29) is 5.57 Å². The van der Waals surface area contributed by atoms with Gasteiger partial charge in [-0.05, 0) is 30.4 Å². The van der Waals surface area contributed by atoms with Gasteiger partial charge in [0, 0.05) is 23.3 Å². The number of halogens is 1. The van der Waals surface area contributed by atoms with Gasteiger partial charge < -0.3 is 10.8 Å². The predicted octanol–water partition coefficient (Wildman–Crippen LogP) is 2.07. The van der Waals surface area contributed by atoms with Crippen LogP contribution in [0.5, 0.6) is 0 Å². The Labute approximate surface area is 149 Å². The second-order valence-corrected chi connectivity index (χ2v) is 6.79. The molecule has 0 bridgehead atoms. The van der Waals surface area contributed by atoms with Crippen molar-refractivity contribution in [2.24, 2.45) is 5.73 Å². The summed E-state index contributed by atoms with van der Waals surface area (Å²) in [5.74, 6) is -0.0910. The second-order valence-electron chi connectivity index (χ2n) is 6.38. The molecule has 1 aromatic rings. The van der Waals surface area contributed by atoms with Crippen LogP contribution in [-0.2, 0) is 4.79 Å². The number of nitrogens with two attached hydrogens (primary N) is 1. The van der Waals surface area contributed by atoms with E-state index < -0.39 is 12.0 Å². The van der Waals surface area contributed by atoms with Crippen molar-refractivity contribution in [1.82, 2.24) is 15.3 Å². The number of carbonyl (C=O) groups is 2. The van der Waals surface area contributed by atoms with Crippen LogP contribution < -0.4 is 11.2 Å². The monoisotopic (exact) mass is 360 g/mol. The molecule has 2 heterocycles. The minimum absolute atomic E-state index is 0.265. The SMILES string of the molecule is NC(=O)C1=C(c2ccc(C3CC3)c(Cl)c2)NN2CCN(C(=O)O)C=C12. The molecule has 4 N–H and O–H groups in total. The number of carboxylic acid groups (broad SMARTS) is 1.